The molecule has 0 aromatic heterocycles. The fourth-order valence-electron chi connectivity index (χ4n) is 5.27. The normalized spacial score (nSPS) is 29.5. The zero-order valence-corrected chi connectivity index (χ0v) is 18.1. The molecule has 3 fully saturated rings. The van der Waals surface area contributed by atoms with Gasteiger partial charge in [-0.05, 0) is 49.9 Å². The van der Waals surface area contributed by atoms with Gasteiger partial charge in [0.15, 0.2) is 0 Å². The molecular weight excluding hydrogens is 418 g/mol. The summed E-state index contributed by atoms with van der Waals surface area (Å²) in [5, 5.41) is 0. The quantitative estimate of drug-likeness (QED) is 0.751. The number of halogens is 1. The lowest BCUT2D eigenvalue weighted by Crippen LogP contribution is -2.68. The summed E-state index contributed by atoms with van der Waals surface area (Å²) in [6.07, 6.45) is 8.90. The Balaban J connectivity index is 1.51. The van der Waals surface area contributed by atoms with Crippen LogP contribution < -0.4 is 5.73 Å². The molecule has 3 aliphatic rings. The summed E-state index contributed by atoms with van der Waals surface area (Å²) >= 11 is 3.55. The van der Waals surface area contributed by atoms with E-state index in [9.17, 15) is 4.79 Å². The smallest absolute Gasteiger partial charge is 0.314 e. The highest BCUT2D eigenvalue weighted by Crippen LogP contribution is 2.43. The fraction of sp³-hybridized carbons (Fsp3) is 0.682. The number of carbonyl (C=O) groups excluding carboxylic acids is 1. The Labute approximate surface area is 176 Å². The largest absolute Gasteiger partial charge is 0.377 e. The van der Waals surface area contributed by atoms with Crippen molar-refractivity contribution in [3.05, 3.63) is 34.3 Å². The number of hydrogen-bond acceptors (Lipinski definition) is 3. The molecule has 2 amide bonds. The third-order valence-corrected chi connectivity index (χ3v) is 7.33. The van der Waals surface area contributed by atoms with Crippen molar-refractivity contribution < 1.29 is 9.53 Å². The second kappa shape index (κ2) is 9.14. The Morgan fingerprint density at radius 1 is 1.07 bits per heavy atom. The predicted octanol–water partition coefficient (Wildman–Crippen LogP) is 4.11. The van der Waals surface area contributed by atoms with E-state index in [4.69, 9.17) is 10.5 Å². The van der Waals surface area contributed by atoms with Crippen LogP contribution in [-0.2, 0) is 4.74 Å². The van der Waals surface area contributed by atoms with E-state index < -0.39 is 0 Å². The van der Waals surface area contributed by atoms with Crippen LogP contribution in [0.1, 0.15) is 56.4 Å². The third kappa shape index (κ3) is 4.39. The maximum atomic E-state index is 11.9. The lowest BCUT2D eigenvalue weighted by molar-refractivity contribution is -0.0937. The molecule has 0 bridgehead atoms. The SMILES string of the molecule is NC(=O)N1CCCCN2C(COC3CCCCC3)C(c3ccc(Br)cc3)C2C1. The topological polar surface area (TPSA) is 58.8 Å². The monoisotopic (exact) mass is 449 g/mol. The molecule has 2 aliphatic heterocycles. The van der Waals surface area contributed by atoms with Gasteiger partial charge in [0.05, 0.1) is 12.7 Å². The minimum absolute atomic E-state index is 0.293. The number of ether oxygens (including phenoxy) is 1. The van der Waals surface area contributed by atoms with Gasteiger partial charge in [0.1, 0.15) is 0 Å². The number of fused-ring (bicyclic) bond motifs is 1. The van der Waals surface area contributed by atoms with Crippen molar-refractivity contribution in [2.24, 2.45) is 5.73 Å². The van der Waals surface area contributed by atoms with Gasteiger partial charge >= 0.3 is 6.03 Å². The van der Waals surface area contributed by atoms with Crippen LogP contribution in [0, 0.1) is 0 Å². The Bertz CT molecular complexity index is 662. The van der Waals surface area contributed by atoms with Gasteiger partial charge in [0.2, 0.25) is 0 Å². The molecule has 0 spiro atoms. The van der Waals surface area contributed by atoms with E-state index in [1.165, 1.54) is 37.7 Å². The molecule has 154 valence electrons. The van der Waals surface area contributed by atoms with Crippen LogP contribution in [0.5, 0.6) is 0 Å². The van der Waals surface area contributed by atoms with E-state index in [0.717, 1.165) is 43.6 Å². The lowest BCUT2D eigenvalue weighted by atomic mass is 9.74. The van der Waals surface area contributed by atoms with E-state index in [-0.39, 0.29) is 6.03 Å². The lowest BCUT2D eigenvalue weighted by Gasteiger charge is -2.57. The number of carbonyl (C=O) groups is 1. The van der Waals surface area contributed by atoms with Crippen LogP contribution in [0.3, 0.4) is 0 Å². The van der Waals surface area contributed by atoms with Gasteiger partial charge in [0.25, 0.3) is 0 Å². The molecule has 1 aromatic carbocycles. The van der Waals surface area contributed by atoms with Crippen LogP contribution in [0.4, 0.5) is 4.79 Å². The van der Waals surface area contributed by atoms with Gasteiger partial charge in [-0.2, -0.15) is 0 Å². The number of rotatable bonds is 4. The number of benzene rings is 1. The molecule has 1 saturated carbocycles. The fourth-order valence-corrected chi connectivity index (χ4v) is 5.54. The molecular formula is C22H32BrN3O2. The van der Waals surface area contributed by atoms with Crippen LogP contribution in [0.25, 0.3) is 0 Å². The van der Waals surface area contributed by atoms with Gasteiger partial charge in [-0.3, -0.25) is 4.90 Å². The Morgan fingerprint density at radius 3 is 2.50 bits per heavy atom. The molecule has 2 N–H and O–H groups in total. The molecule has 3 unspecified atom stereocenters. The van der Waals surface area contributed by atoms with Crippen LogP contribution >= 0.6 is 15.9 Å². The van der Waals surface area contributed by atoms with Gasteiger partial charge < -0.3 is 15.4 Å². The highest BCUT2D eigenvalue weighted by Gasteiger charge is 2.50. The van der Waals surface area contributed by atoms with Gasteiger partial charge in [0, 0.05) is 35.6 Å². The highest BCUT2D eigenvalue weighted by molar-refractivity contribution is 9.10. The van der Waals surface area contributed by atoms with Crippen molar-refractivity contribution >= 4 is 22.0 Å². The standard InChI is InChI=1S/C22H32BrN3O2/c23-17-10-8-16(9-11-17)21-19-14-25(22(24)27)12-4-5-13-26(19)20(21)15-28-18-6-2-1-3-7-18/h8-11,18-21H,1-7,12-15H2,(H2,24,27). The van der Waals surface area contributed by atoms with Crippen molar-refractivity contribution in [3.8, 4) is 0 Å². The molecule has 0 radical (unpaired) electrons. The number of nitrogens with zero attached hydrogens (tertiary/aromatic N) is 2. The minimum Gasteiger partial charge on any atom is -0.377 e. The van der Waals surface area contributed by atoms with Crippen molar-refractivity contribution in [1.29, 1.82) is 0 Å². The average molecular weight is 450 g/mol. The van der Waals surface area contributed by atoms with E-state index in [1.807, 2.05) is 4.90 Å². The highest BCUT2D eigenvalue weighted by atomic mass is 79.9. The Kier molecular flexibility index (Phi) is 6.59. The predicted molar refractivity (Wildman–Crippen MR) is 114 cm³/mol. The van der Waals surface area contributed by atoms with Gasteiger partial charge in [-0.15, -0.1) is 0 Å². The molecule has 5 nitrogen and oxygen atoms in total. The zero-order chi connectivity index (χ0) is 19.5. The number of amides is 2. The average Bonchev–Trinajstić information content (AvgIpc) is 2.68. The first kappa shape index (κ1) is 20.2. The minimum atomic E-state index is -0.293. The second-order valence-corrected chi connectivity index (χ2v) is 9.45. The summed E-state index contributed by atoms with van der Waals surface area (Å²) in [6.45, 7) is 3.37. The zero-order valence-electron chi connectivity index (χ0n) is 16.6. The second-order valence-electron chi connectivity index (χ2n) is 8.53. The molecule has 4 rings (SSSR count). The van der Waals surface area contributed by atoms with Crippen LogP contribution in [-0.4, -0.2) is 60.3 Å². The first-order valence-corrected chi connectivity index (χ1v) is 11.6. The number of hydrogen-bond donors (Lipinski definition) is 1. The summed E-state index contributed by atoms with van der Waals surface area (Å²) in [5.74, 6) is 0.386. The van der Waals surface area contributed by atoms with E-state index in [0.29, 0.717) is 24.1 Å². The van der Waals surface area contributed by atoms with E-state index in [2.05, 4.69) is 45.1 Å². The Morgan fingerprint density at radius 2 is 1.79 bits per heavy atom. The van der Waals surface area contributed by atoms with Gasteiger partial charge in [-0.25, -0.2) is 4.79 Å². The van der Waals surface area contributed by atoms with Crippen molar-refractivity contribution in [1.82, 2.24) is 9.80 Å². The summed E-state index contributed by atoms with van der Waals surface area (Å²) in [6, 6.07) is 9.09. The molecule has 3 atom stereocenters. The molecule has 1 aliphatic carbocycles. The summed E-state index contributed by atoms with van der Waals surface area (Å²) in [7, 11) is 0. The first-order chi connectivity index (χ1) is 13.6. The Hall–Kier alpha value is -1.11. The molecule has 1 aromatic rings. The van der Waals surface area contributed by atoms with Crippen molar-refractivity contribution in [3.63, 3.8) is 0 Å². The third-order valence-electron chi connectivity index (χ3n) is 6.80. The molecule has 6 heteroatoms. The summed E-state index contributed by atoms with van der Waals surface area (Å²) < 4.78 is 7.50. The molecule has 28 heavy (non-hydrogen) atoms. The maximum absolute atomic E-state index is 11.9. The van der Waals surface area contributed by atoms with E-state index >= 15 is 0 Å². The number of urea groups is 1. The van der Waals surface area contributed by atoms with Gasteiger partial charge in [-0.1, -0.05) is 47.3 Å². The maximum Gasteiger partial charge on any atom is 0.314 e. The van der Waals surface area contributed by atoms with Crippen LogP contribution in [0.15, 0.2) is 28.7 Å². The van der Waals surface area contributed by atoms with E-state index in [1.54, 1.807) is 0 Å². The molecule has 2 heterocycles. The van der Waals surface area contributed by atoms with Crippen molar-refractivity contribution in [2.75, 3.05) is 26.2 Å². The summed E-state index contributed by atoms with van der Waals surface area (Å²) in [4.78, 5) is 16.3. The first-order valence-electron chi connectivity index (χ1n) is 10.8. The van der Waals surface area contributed by atoms with Crippen LogP contribution in [0.2, 0.25) is 0 Å². The molecule has 2 saturated heterocycles. The number of nitrogens with two attached hydrogens (primary N) is 1. The summed E-state index contributed by atoms with van der Waals surface area (Å²) in [5.41, 5.74) is 6.99. The number of primary amides is 1. The van der Waals surface area contributed by atoms with Crippen molar-refractivity contribution in [2.45, 2.75) is 69.1 Å².